The van der Waals surface area contributed by atoms with Crippen molar-refractivity contribution in [2.24, 2.45) is 5.41 Å². The van der Waals surface area contributed by atoms with E-state index in [9.17, 15) is 51.0 Å². The van der Waals surface area contributed by atoms with E-state index in [2.05, 4.69) is 21.3 Å². The minimum Gasteiger partial charge on any atom is -0.392 e. The molecule has 62 heavy (non-hydrogen) atoms. The van der Waals surface area contributed by atoms with Crippen molar-refractivity contribution < 1.29 is 51.0 Å². The van der Waals surface area contributed by atoms with Gasteiger partial charge in [0.1, 0.15) is 31.4 Å². The Morgan fingerprint density at radius 1 is 0.919 bits per heavy atom. The highest BCUT2D eigenvalue weighted by molar-refractivity contribution is 8.09. The van der Waals surface area contributed by atoms with Gasteiger partial charge in [-0.15, -0.1) is 11.8 Å². The van der Waals surface area contributed by atoms with Gasteiger partial charge in [0.25, 0.3) is 17.7 Å². The SMILES string of the molecule is CC(C)(C)[C@@]1(C(=O)N2CC(O)C[SiH2]2)SC1NC(=O)CCCCCCCCCNC(=O)c1cc(NC(=O)c2cc(F)cc(C(F)(F)F)c2)c2c(c1)C(=O)N[C@H]2c1cc(F)ccc1Cl. The quantitative estimate of drug-likeness (QED) is 0.0439. The standard InChI is InChI=1S/C43H49ClF5N5O6SSi/c1-41(2,3)42(40(60)54-21-28(55)22-62-54)39(61-42)52-33(56)11-9-7-5-4-6-8-10-14-50-36(57)24-17-30-34(35(53-38(30)59)29-20-26(45)12-13-31(29)44)32(18-24)51-37(58)23-15-25(43(47,48)49)19-27(46)16-23/h12-13,15-20,28,35,39,55H,4-11,14,21-22,62H2,1-3H3,(H,50,57)(H,51,58)(H,52,56)(H,53,59)/t28?,35-,39?,42+/m0/s1. The molecule has 334 valence electrons. The van der Waals surface area contributed by atoms with Crippen molar-refractivity contribution in [1.82, 2.24) is 20.5 Å². The van der Waals surface area contributed by atoms with E-state index in [1.807, 2.05) is 25.3 Å². The maximum Gasteiger partial charge on any atom is 0.416 e. The topological polar surface area (TPSA) is 157 Å². The van der Waals surface area contributed by atoms with Crippen LogP contribution in [-0.4, -0.2) is 78.2 Å². The highest BCUT2D eigenvalue weighted by Crippen LogP contribution is 2.63. The molecule has 3 aliphatic rings. The van der Waals surface area contributed by atoms with E-state index in [1.54, 1.807) is 0 Å². The fraction of sp³-hybridized carbons (Fsp3) is 0.465. The van der Waals surface area contributed by atoms with Gasteiger partial charge in [-0.1, -0.05) is 64.5 Å². The second kappa shape index (κ2) is 19.1. The number of rotatable bonds is 16. The molecule has 0 aromatic heterocycles. The van der Waals surface area contributed by atoms with Gasteiger partial charge in [0.2, 0.25) is 11.8 Å². The van der Waals surface area contributed by atoms with Gasteiger partial charge in [-0.25, -0.2) is 8.78 Å². The Labute approximate surface area is 367 Å². The summed E-state index contributed by atoms with van der Waals surface area (Å²) in [5.74, 6) is -4.49. The number of benzene rings is 3. The molecule has 3 aliphatic heterocycles. The molecule has 3 heterocycles. The van der Waals surface area contributed by atoms with Gasteiger partial charge in [0, 0.05) is 58.0 Å². The first kappa shape index (κ1) is 47.0. The number of β-amino-alcohol motifs (C(OH)–C–C–N with tert-alkyl or cyclic N) is 1. The van der Waals surface area contributed by atoms with Crippen LogP contribution in [0.15, 0.2) is 48.5 Å². The van der Waals surface area contributed by atoms with Crippen molar-refractivity contribution in [2.75, 3.05) is 18.4 Å². The molecular weight excluding hydrogens is 873 g/mol. The number of unbranched alkanes of at least 4 members (excludes halogenated alkanes) is 6. The first-order chi connectivity index (χ1) is 29.2. The summed E-state index contributed by atoms with van der Waals surface area (Å²) in [6.07, 6.45) is 0.609. The Bertz CT molecular complexity index is 2250. The molecule has 0 bridgehead atoms. The van der Waals surface area contributed by atoms with Gasteiger partial charge < -0.3 is 30.9 Å². The van der Waals surface area contributed by atoms with Crippen molar-refractivity contribution in [2.45, 2.75) is 107 Å². The predicted octanol–water partition coefficient (Wildman–Crippen LogP) is 7.25. The Balaban J connectivity index is 0.990. The summed E-state index contributed by atoms with van der Waals surface area (Å²) in [6, 6.07) is 6.90. The van der Waals surface area contributed by atoms with E-state index >= 15 is 0 Å². The summed E-state index contributed by atoms with van der Waals surface area (Å²) in [5.41, 5.74) is -2.50. The van der Waals surface area contributed by atoms with Crippen LogP contribution in [0.5, 0.6) is 0 Å². The summed E-state index contributed by atoms with van der Waals surface area (Å²) in [6.45, 7) is 6.67. The van der Waals surface area contributed by atoms with Crippen LogP contribution in [0.4, 0.5) is 27.6 Å². The van der Waals surface area contributed by atoms with Crippen LogP contribution < -0.4 is 21.3 Å². The van der Waals surface area contributed by atoms with E-state index in [1.165, 1.54) is 30.0 Å². The minimum atomic E-state index is -4.95. The number of nitrogens with zero attached hydrogens (tertiary/aromatic N) is 1. The van der Waals surface area contributed by atoms with Gasteiger partial charge in [0.05, 0.1) is 17.7 Å². The smallest absolute Gasteiger partial charge is 0.392 e. The maximum atomic E-state index is 14.3. The third-order valence-electron chi connectivity index (χ3n) is 11.4. The van der Waals surface area contributed by atoms with Crippen LogP contribution in [0.25, 0.3) is 0 Å². The Kier molecular flexibility index (Phi) is 14.4. The van der Waals surface area contributed by atoms with Gasteiger partial charge in [-0.2, -0.15) is 13.2 Å². The number of halogens is 6. The molecule has 2 saturated heterocycles. The number of aliphatic hydroxyl groups excluding tert-OH is 1. The zero-order valence-corrected chi connectivity index (χ0v) is 37.4. The first-order valence-electron chi connectivity index (χ1n) is 20.6. The summed E-state index contributed by atoms with van der Waals surface area (Å²) in [5, 5.41) is 20.7. The predicted molar refractivity (Wildman–Crippen MR) is 229 cm³/mol. The Morgan fingerprint density at radius 2 is 1.60 bits per heavy atom. The molecule has 3 aromatic rings. The van der Waals surface area contributed by atoms with Crippen molar-refractivity contribution in [3.63, 3.8) is 0 Å². The molecule has 2 fully saturated rings. The number of alkyl halides is 3. The molecule has 2 unspecified atom stereocenters. The lowest BCUT2D eigenvalue weighted by atomic mass is 9.79. The Hall–Kier alpha value is -4.52. The van der Waals surface area contributed by atoms with Crippen LogP contribution in [0, 0.1) is 17.0 Å². The number of carbonyl (C=O) groups excluding carboxylic acids is 5. The molecule has 3 aromatic carbocycles. The largest absolute Gasteiger partial charge is 0.416 e. The van der Waals surface area contributed by atoms with Gasteiger partial charge in [0.15, 0.2) is 0 Å². The molecular formula is C43H49ClF5N5O6SSi. The number of thioether (sulfide) groups is 1. The molecule has 0 aliphatic carbocycles. The summed E-state index contributed by atoms with van der Waals surface area (Å²) in [4.78, 5) is 66.2. The lowest BCUT2D eigenvalue weighted by molar-refractivity contribution is -0.138. The summed E-state index contributed by atoms with van der Waals surface area (Å²) >= 11 is 7.84. The lowest BCUT2D eigenvalue weighted by Gasteiger charge is -2.33. The van der Waals surface area contributed by atoms with E-state index in [4.69, 9.17) is 11.6 Å². The molecule has 4 atom stereocenters. The number of hydrogen-bond donors (Lipinski definition) is 5. The number of aliphatic hydroxyl groups is 1. The molecule has 6 rings (SSSR count). The zero-order valence-electron chi connectivity index (χ0n) is 34.4. The van der Waals surface area contributed by atoms with E-state index in [-0.39, 0.29) is 68.2 Å². The second-order valence-corrected chi connectivity index (χ2v) is 20.5. The number of nitrogens with one attached hydrogen (secondary N) is 4. The van der Waals surface area contributed by atoms with E-state index in [0.717, 1.165) is 44.2 Å². The fourth-order valence-electron chi connectivity index (χ4n) is 8.03. The van der Waals surface area contributed by atoms with Crippen LogP contribution >= 0.6 is 23.4 Å². The number of carbonyl (C=O) groups is 5. The molecule has 11 nitrogen and oxygen atoms in total. The van der Waals surface area contributed by atoms with Crippen LogP contribution in [0.1, 0.15) is 126 Å². The third kappa shape index (κ3) is 10.6. The van der Waals surface area contributed by atoms with E-state index < -0.39 is 73.2 Å². The fourth-order valence-corrected chi connectivity index (χ4v) is 11.7. The van der Waals surface area contributed by atoms with Crippen molar-refractivity contribution in [3.05, 3.63) is 98.6 Å². The van der Waals surface area contributed by atoms with Crippen molar-refractivity contribution >= 4 is 68.3 Å². The molecule has 19 heteroatoms. The summed E-state index contributed by atoms with van der Waals surface area (Å²) < 4.78 is 70.0. The number of anilines is 1. The van der Waals surface area contributed by atoms with Crippen LogP contribution in [0.2, 0.25) is 11.1 Å². The minimum absolute atomic E-state index is 0.0256. The van der Waals surface area contributed by atoms with Crippen LogP contribution in [-0.2, 0) is 15.8 Å². The molecule has 0 saturated carbocycles. The van der Waals surface area contributed by atoms with Gasteiger partial charge in [-0.05, 0) is 72.8 Å². The maximum absolute atomic E-state index is 14.3. The molecule has 5 amide bonds. The van der Waals surface area contributed by atoms with Gasteiger partial charge >= 0.3 is 6.18 Å². The second-order valence-electron chi connectivity index (χ2n) is 17.0. The average molecular weight is 922 g/mol. The number of hydrogen-bond acceptors (Lipinski definition) is 7. The molecule has 0 spiro atoms. The van der Waals surface area contributed by atoms with Crippen molar-refractivity contribution in [1.29, 1.82) is 0 Å². The van der Waals surface area contributed by atoms with Crippen molar-refractivity contribution in [3.8, 4) is 0 Å². The number of fused-ring (bicyclic) bond motifs is 1. The zero-order chi connectivity index (χ0) is 45.1. The Morgan fingerprint density at radius 3 is 2.26 bits per heavy atom. The molecule has 0 radical (unpaired) electrons. The lowest BCUT2D eigenvalue weighted by Crippen LogP contribution is -2.51. The molecule has 5 N–H and O–H groups in total. The van der Waals surface area contributed by atoms with Gasteiger partial charge in [-0.3, -0.25) is 24.0 Å². The van der Waals surface area contributed by atoms with E-state index in [0.29, 0.717) is 44.0 Å². The summed E-state index contributed by atoms with van der Waals surface area (Å²) in [7, 11) is -0.837. The van der Waals surface area contributed by atoms with Crippen LogP contribution in [0.3, 0.4) is 0 Å². The third-order valence-corrected chi connectivity index (χ3v) is 15.6. The first-order valence-corrected chi connectivity index (χ1v) is 23.4. The number of amides is 5. The average Bonchev–Trinajstić information content (AvgIpc) is 3.61. The normalized spacial score (nSPS) is 21.1. The monoisotopic (exact) mass is 921 g/mol. The highest BCUT2D eigenvalue weighted by Gasteiger charge is 2.69. The highest BCUT2D eigenvalue weighted by atomic mass is 35.5.